The lowest BCUT2D eigenvalue weighted by Crippen LogP contribution is -2.51. The Bertz CT molecular complexity index is 1090. The first kappa shape index (κ1) is 21.7. The third-order valence-electron chi connectivity index (χ3n) is 5.24. The van der Waals surface area contributed by atoms with E-state index in [1.54, 1.807) is 0 Å². The lowest BCUT2D eigenvalue weighted by molar-refractivity contribution is -0.0444. The van der Waals surface area contributed by atoms with Crippen LogP contribution in [0.1, 0.15) is 25.0 Å². The summed E-state index contributed by atoms with van der Waals surface area (Å²) in [6.07, 6.45) is 1.66. The Morgan fingerprint density at radius 1 is 1.00 bits per heavy atom. The smallest absolute Gasteiger partial charge is 0.279 e. The Morgan fingerprint density at radius 2 is 1.61 bits per heavy atom. The van der Waals surface area contributed by atoms with E-state index in [-0.39, 0.29) is 18.8 Å². The molecule has 3 aromatic rings. The summed E-state index contributed by atoms with van der Waals surface area (Å²) in [6.45, 7) is 5.25. The molecule has 164 valence electrons. The zero-order valence-corrected chi connectivity index (χ0v) is 18.6. The van der Waals surface area contributed by atoms with Crippen LogP contribution in [0, 0.1) is 0 Å². The van der Waals surface area contributed by atoms with E-state index in [1.807, 2.05) is 85.4 Å². The Kier molecular flexibility index (Phi) is 6.52. The molecule has 0 radical (unpaired) electrons. The fourth-order valence-corrected chi connectivity index (χ4v) is 5.20. The number of ether oxygens (including phenoxy) is 1. The molecule has 1 fully saturated rings. The molecule has 1 aromatic heterocycles. The van der Waals surface area contributed by atoms with E-state index in [0.29, 0.717) is 19.6 Å². The van der Waals surface area contributed by atoms with Gasteiger partial charge in [-0.15, -0.1) is 0 Å². The van der Waals surface area contributed by atoms with Crippen LogP contribution < -0.4 is 4.72 Å². The summed E-state index contributed by atoms with van der Waals surface area (Å²) in [5, 5.41) is 4.76. The number of rotatable bonds is 7. The third kappa shape index (κ3) is 5.40. The lowest BCUT2D eigenvalue weighted by Gasteiger charge is -2.34. The number of nitrogens with one attached hydrogen (secondary N) is 1. The summed E-state index contributed by atoms with van der Waals surface area (Å²) in [5.41, 5.74) is 3.70. The quantitative estimate of drug-likeness (QED) is 0.613. The molecule has 1 aliphatic rings. The highest BCUT2D eigenvalue weighted by Crippen LogP contribution is 2.23. The minimum atomic E-state index is -3.63. The number of aromatic nitrogens is 2. The van der Waals surface area contributed by atoms with Crippen molar-refractivity contribution in [3.8, 4) is 11.3 Å². The van der Waals surface area contributed by atoms with Gasteiger partial charge in [0.25, 0.3) is 10.2 Å². The minimum absolute atomic E-state index is 0.131. The molecule has 1 aliphatic heterocycles. The number of benzene rings is 2. The molecule has 1 saturated heterocycles. The van der Waals surface area contributed by atoms with Crippen LogP contribution in [-0.4, -0.2) is 47.8 Å². The summed E-state index contributed by atoms with van der Waals surface area (Å²) in [5.74, 6) is 0. The molecule has 0 spiro atoms. The summed E-state index contributed by atoms with van der Waals surface area (Å²) >= 11 is 0. The molecular formula is C23H28N4O3S. The van der Waals surface area contributed by atoms with Gasteiger partial charge in [-0.25, -0.2) is 0 Å². The summed E-state index contributed by atoms with van der Waals surface area (Å²) < 4.78 is 37.6. The fourth-order valence-electron chi connectivity index (χ4n) is 3.87. The number of nitrogens with zero attached hydrogens (tertiary/aromatic N) is 3. The van der Waals surface area contributed by atoms with Crippen molar-refractivity contribution in [2.75, 3.05) is 13.1 Å². The Labute approximate surface area is 183 Å². The molecule has 0 unspecified atom stereocenters. The van der Waals surface area contributed by atoms with Crippen molar-refractivity contribution >= 4 is 10.2 Å². The Hall–Kier alpha value is -2.52. The number of hydrogen-bond donors (Lipinski definition) is 1. The van der Waals surface area contributed by atoms with Crippen LogP contribution >= 0.6 is 0 Å². The molecule has 0 bridgehead atoms. The van der Waals surface area contributed by atoms with Gasteiger partial charge in [-0.3, -0.25) is 4.68 Å². The van der Waals surface area contributed by atoms with Gasteiger partial charge in [-0.1, -0.05) is 60.7 Å². The molecule has 2 atom stereocenters. The SMILES string of the molecule is C[C@@H]1CN(S(=O)(=O)NCc2cn(Cc3ccccc3)nc2-c2ccccc2)C[C@@H](C)O1. The molecule has 0 amide bonds. The molecule has 31 heavy (non-hydrogen) atoms. The van der Waals surface area contributed by atoms with Gasteiger partial charge in [0.1, 0.15) is 0 Å². The van der Waals surface area contributed by atoms with E-state index in [0.717, 1.165) is 22.4 Å². The van der Waals surface area contributed by atoms with Gasteiger partial charge in [0, 0.05) is 37.0 Å². The van der Waals surface area contributed by atoms with Crippen LogP contribution in [0.25, 0.3) is 11.3 Å². The van der Waals surface area contributed by atoms with Gasteiger partial charge in [0.2, 0.25) is 0 Å². The zero-order valence-electron chi connectivity index (χ0n) is 17.8. The number of morpholine rings is 1. The lowest BCUT2D eigenvalue weighted by atomic mass is 10.1. The van der Waals surface area contributed by atoms with Gasteiger partial charge in [-0.2, -0.15) is 22.5 Å². The largest absolute Gasteiger partial charge is 0.373 e. The van der Waals surface area contributed by atoms with E-state index in [2.05, 4.69) is 4.72 Å². The monoisotopic (exact) mass is 440 g/mol. The predicted molar refractivity (Wildman–Crippen MR) is 121 cm³/mol. The normalized spacial score (nSPS) is 20.1. The van der Waals surface area contributed by atoms with E-state index >= 15 is 0 Å². The number of hydrogen-bond acceptors (Lipinski definition) is 4. The maximum absolute atomic E-state index is 12.9. The van der Waals surface area contributed by atoms with Crippen molar-refractivity contribution in [1.82, 2.24) is 18.8 Å². The minimum Gasteiger partial charge on any atom is -0.373 e. The Balaban J connectivity index is 1.56. The molecule has 7 nitrogen and oxygen atoms in total. The standard InChI is InChI=1S/C23H28N4O3S/c1-18-14-27(15-19(2)30-18)31(28,29)24-13-22-17-26(16-20-9-5-3-6-10-20)25-23(22)21-11-7-4-8-12-21/h3-12,17-19,24H,13-16H2,1-2H3/t18-,19-/m1/s1. The second kappa shape index (κ2) is 9.32. The van der Waals surface area contributed by atoms with E-state index < -0.39 is 10.2 Å². The summed E-state index contributed by atoms with van der Waals surface area (Å²) in [7, 11) is -3.63. The summed E-state index contributed by atoms with van der Waals surface area (Å²) in [4.78, 5) is 0. The van der Waals surface area contributed by atoms with E-state index in [9.17, 15) is 8.42 Å². The molecule has 8 heteroatoms. The molecular weight excluding hydrogens is 412 g/mol. The topological polar surface area (TPSA) is 76.5 Å². The average molecular weight is 441 g/mol. The van der Waals surface area contributed by atoms with Gasteiger partial charge < -0.3 is 4.74 Å². The van der Waals surface area contributed by atoms with Crippen molar-refractivity contribution in [3.05, 3.63) is 78.0 Å². The van der Waals surface area contributed by atoms with Crippen LogP contribution in [0.2, 0.25) is 0 Å². The third-order valence-corrected chi connectivity index (χ3v) is 6.73. The maximum atomic E-state index is 12.9. The first-order valence-electron chi connectivity index (χ1n) is 10.5. The predicted octanol–water partition coefficient (Wildman–Crippen LogP) is 3.04. The van der Waals surface area contributed by atoms with Crippen LogP contribution in [0.5, 0.6) is 0 Å². The maximum Gasteiger partial charge on any atom is 0.279 e. The molecule has 1 N–H and O–H groups in total. The van der Waals surface area contributed by atoms with Gasteiger partial charge in [0.15, 0.2) is 0 Å². The molecule has 2 heterocycles. The van der Waals surface area contributed by atoms with Crippen molar-refractivity contribution in [2.45, 2.75) is 39.1 Å². The van der Waals surface area contributed by atoms with E-state index in [1.165, 1.54) is 4.31 Å². The van der Waals surface area contributed by atoms with Crippen molar-refractivity contribution < 1.29 is 13.2 Å². The van der Waals surface area contributed by atoms with Crippen LogP contribution in [0.4, 0.5) is 0 Å². The molecule has 4 rings (SSSR count). The summed E-state index contributed by atoms with van der Waals surface area (Å²) in [6, 6.07) is 19.9. The van der Waals surface area contributed by atoms with Crippen LogP contribution in [0.3, 0.4) is 0 Å². The van der Waals surface area contributed by atoms with E-state index in [4.69, 9.17) is 9.84 Å². The second-order valence-corrected chi connectivity index (χ2v) is 9.71. The molecule has 0 saturated carbocycles. The average Bonchev–Trinajstić information content (AvgIpc) is 3.16. The van der Waals surface area contributed by atoms with Crippen molar-refractivity contribution in [2.24, 2.45) is 0 Å². The zero-order chi connectivity index (χ0) is 21.8. The second-order valence-electron chi connectivity index (χ2n) is 7.95. The highest BCUT2D eigenvalue weighted by atomic mass is 32.2. The first-order chi connectivity index (χ1) is 14.9. The molecule has 2 aromatic carbocycles. The Morgan fingerprint density at radius 3 is 2.26 bits per heavy atom. The van der Waals surface area contributed by atoms with Crippen LogP contribution in [0.15, 0.2) is 66.9 Å². The van der Waals surface area contributed by atoms with Crippen molar-refractivity contribution in [1.29, 1.82) is 0 Å². The van der Waals surface area contributed by atoms with Gasteiger partial charge >= 0.3 is 0 Å². The highest BCUT2D eigenvalue weighted by Gasteiger charge is 2.31. The van der Waals surface area contributed by atoms with Crippen LogP contribution in [-0.2, 0) is 28.0 Å². The highest BCUT2D eigenvalue weighted by molar-refractivity contribution is 7.87. The fraction of sp³-hybridized carbons (Fsp3) is 0.348. The first-order valence-corrected chi connectivity index (χ1v) is 11.9. The molecule has 0 aliphatic carbocycles. The van der Waals surface area contributed by atoms with Gasteiger partial charge in [-0.05, 0) is 19.4 Å². The van der Waals surface area contributed by atoms with Crippen molar-refractivity contribution in [3.63, 3.8) is 0 Å². The van der Waals surface area contributed by atoms with Gasteiger partial charge in [0.05, 0.1) is 24.4 Å².